The van der Waals surface area contributed by atoms with Crippen LogP contribution in [0, 0.1) is 0 Å². The van der Waals surface area contributed by atoms with Gasteiger partial charge >= 0.3 is 0 Å². The summed E-state index contributed by atoms with van der Waals surface area (Å²) in [5.41, 5.74) is 1.12. The van der Waals surface area contributed by atoms with Gasteiger partial charge in [-0.3, -0.25) is 9.65 Å². The van der Waals surface area contributed by atoms with Crippen molar-refractivity contribution in [3.8, 4) is 0 Å². The molecule has 0 aliphatic heterocycles. The van der Waals surface area contributed by atoms with Crippen LogP contribution in [-0.4, -0.2) is 7.05 Å². The van der Waals surface area contributed by atoms with Gasteiger partial charge in [0.05, 0.1) is 0 Å². The van der Waals surface area contributed by atoms with Crippen molar-refractivity contribution in [3.05, 3.63) is 66.2 Å². The molecular weight excluding hydrogens is 255 g/mol. The molecule has 0 fully saturated rings. The van der Waals surface area contributed by atoms with E-state index in [1.807, 2.05) is 67.6 Å². The Bertz CT molecular complexity index is 557. The van der Waals surface area contributed by atoms with E-state index in [0.29, 0.717) is 0 Å². The Labute approximate surface area is 114 Å². The highest BCUT2D eigenvalue weighted by Crippen LogP contribution is 2.37. The average molecular weight is 274 g/mol. The van der Waals surface area contributed by atoms with Crippen molar-refractivity contribution >= 4 is 12.7 Å². The summed E-state index contributed by atoms with van der Waals surface area (Å²) in [6, 6.07) is 19.5. The van der Waals surface area contributed by atoms with E-state index in [9.17, 15) is 4.57 Å². The van der Waals surface area contributed by atoms with Gasteiger partial charge in [-0.2, -0.15) is 0 Å². The predicted molar refractivity (Wildman–Crippen MR) is 80.7 cm³/mol. The molecule has 0 amide bonds. The molecule has 0 aromatic heterocycles. The summed E-state index contributed by atoms with van der Waals surface area (Å²) in [5.74, 6) is 0. The lowest BCUT2D eigenvalue weighted by atomic mass is 10.1. The molecule has 2 N–H and O–H groups in total. The fraction of sp³-hybridized carbons (Fsp3) is 0.200. The van der Waals surface area contributed by atoms with Crippen molar-refractivity contribution in [1.29, 1.82) is 0 Å². The molecule has 0 radical (unpaired) electrons. The second-order valence-electron chi connectivity index (χ2n) is 4.43. The van der Waals surface area contributed by atoms with Gasteiger partial charge in [-0.25, -0.2) is 5.09 Å². The number of hydrogen-bond donors (Lipinski definition) is 2. The summed E-state index contributed by atoms with van der Waals surface area (Å²) in [5, 5.41) is 6.95. The second kappa shape index (κ2) is 6.16. The van der Waals surface area contributed by atoms with E-state index >= 15 is 0 Å². The first-order valence-electron chi connectivity index (χ1n) is 6.33. The molecule has 2 unspecified atom stereocenters. The molecule has 2 atom stereocenters. The van der Waals surface area contributed by atoms with E-state index in [-0.39, 0.29) is 6.04 Å². The van der Waals surface area contributed by atoms with Gasteiger partial charge in [0.25, 0.3) is 0 Å². The van der Waals surface area contributed by atoms with Crippen LogP contribution >= 0.6 is 7.44 Å². The molecule has 0 aliphatic carbocycles. The topological polar surface area (TPSA) is 41.1 Å². The zero-order valence-electron chi connectivity index (χ0n) is 11.2. The van der Waals surface area contributed by atoms with Crippen molar-refractivity contribution in [2.45, 2.75) is 13.0 Å². The van der Waals surface area contributed by atoms with Crippen LogP contribution in [0.2, 0.25) is 0 Å². The van der Waals surface area contributed by atoms with E-state index < -0.39 is 7.44 Å². The normalized spacial score (nSPS) is 15.7. The number of nitrogens with one attached hydrogen (secondary N) is 2. The number of rotatable bonds is 5. The fourth-order valence-corrected chi connectivity index (χ4v) is 3.82. The van der Waals surface area contributed by atoms with Crippen molar-refractivity contribution < 1.29 is 4.57 Å². The molecule has 0 saturated heterocycles. The fourth-order valence-electron chi connectivity index (χ4n) is 2.00. The predicted octanol–water partition coefficient (Wildman–Crippen LogP) is 3.08. The summed E-state index contributed by atoms with van der Waals surface area (Å²) in [4.78, 5) is 0. The standard InChI is InChI=1S/C15H19N2OP/c1-13(14-9-5-3-6-10-14)17-19(18,16-2)15-11-7-4-8-12-15/h3-13H,1-2H3,(H2,16,17,18). The Morgan fingerprint density at radius 2 is 1.47 bits per heavy atom. The molecule has 100 valence electrons. The van der Waals surface area contributed by atoms with Crippen molar-refractivity contribution in [1.82, 2.24) is 10.2 Å². The van der Waals surface area contributed by atoms with Crippen LogP contribution in [0.5, 0.6) is 0 Å². The molecule has 2 aromatic rings. The summed E-state index contributed by atoms with van der Waals surface area (Å²) in [6.45, 7) is 2.02. The summed E-state index contributed by atoms with van der Waals surface area (Å²) < 4.78 is 12.9. The Kier molecular flexibility index (Phi) is 4.54. The maximum absolute atomic E-state index is 12.9. The molecule has 4 heteroatoms. The maximum Gasteiger partial charge on any atom is 0.240 e. The largest absolute Gasteiger partial charge is 0.284 e. The lowest BCUT2D eigenvalue weighted by Crippen LogP contribution is -2.29. The highest BCUT2D eigenvalue weighted by atomic mass is 31.2. The minimum atomic E-state index is -2.77. The summed E-state index contributed by atoms with van der Waals surface area (Å²) in [7, 11) is -1.05. The van der Waals surface area contributed by atoms with E-state index in [1.165, 1.54) is 0 Å². The van der Waals surface area contributed by atoms with Crippen LogP contribution in [0.3, 0.4) is 0 Å². The Balaban J connectivity index is 2.22. The van der Waals surface area contributed by atoms with Gasteiger partial charge in [-0.15, -0.1) is 0 Å². The second-order valence-corrected chi connectivity index (χ2v) is 6.87. The van der Waals surface area contributed by atoms with E-state index in [2.05, 4.69) is 10.2 Å². The minimum absolute atomic E-state index is 0.0136. The summed E-state index contributed by atoms with van der Waals surface area (Å²) >= 11 is 0. The smallest absolute Gasteiger partial charge is 0.240 e. The third-order valence-electron chi connectivity index (χ3n) is 3.11. The quantitative estimate of drug-likeness (QED) is 0.823. The van der Waals surface area contributed by atoms with Crippen LogP contribution in [-0.2, 0) is 4.57 Å². The average Bonchev–Trinajstić information content (AvgIpc) is 2.49. The number of benzene rings is 2. The van der Waals surface area contributed by atoms with Gasteiger partial charge in [-0.05, 0) is 31.7 Å². The van der Waals surface area contributed by atoms with Gasteiger partial charge in [0.2, 0.25) is 7.44 Å². The third-order valence-corrected chi connectivity index (χ3v) is 5.52. The van der Waals surface area contributed by atoms with Crippen LogP contribution in [0.4, 0.5) is 0 Å². The molecule has 0 heterocycles. The van der Waals surface area contributed by atoms with Gasteiger partial charge < -0.3 is 0 Å². The zero-order valence-corrected chi connectivity index (χ0v) is 12.1. The maximum atomic E-state index is 12.9. The molecule has 0 aliphatic rings. The van der Waals surface area contributed by atoms with Crippen molar-refractivity contribution in [3.63, 3.8) is 0 Å². The van der Waals surface area contributed by atoms with Crippen LogP contribution in [0.1, 0.15) is 18.5 Å². The molecule has 3 nitrogen and oxygen atoms in total. The highest BCUT2D eigenvalue weighted by molar-refractivity contribution is 7.67. The first kappa shape index (κ1) is 14.0. The lowest BCUT2D eigenvalue weighted by Gasteiger charge is -2.23. The lowest BCUT2D eigenvalue weighted by molar-refractivity contribution is 0.554. The first-order chi connectivity index (χ1) is 9.15. The Morgan fingerprint density at radius 3 is 2.00 bits per heavy atom. The number of hydrogen-bond acceptors (Lipinski definition) is 1. The van der Waals surface area contributed by atoms with Gasteiger partial charge in [0, 0.05) is 11.3 Å². The molecule has 0 saturated carbocycles. The third kappa shape index (κ3) is 3.32. The molecule has 0 spiro atoms. The molecule has 0 bridgehead atoms. The molecular formula is C15H19N2OP. The molecule has 2 aromatic carbocycles. The van der Waals surface area contributed by atoms with Crippen LogP contribution in [0.15, 0.2) is 60.7 Å². The zero-order chi connectivity index (χ0) is 13.7. The minimum Gasteiger partial charge on any atom is -0.284 e. The monoisotopic (exact) mass is 274 g/mol. The molecule has 19 heavy (non-hydrogen) atoms. The first-order valence-corrected chi connectivity index (χ1v) is 8.04. The van der Waals surface area contributed by atoms with E-state index in [1.54, 1.807) is 7.05 Å². The van der Waals surface area contributed by atoms with Gasteiger partial charge in [0.1, 0.15) is 0 Å². The summed E-state index contributed by atoms with van der Waals surface area (Å²) in [6.07, 6.45) is 0. The Morgan fingerprint density at radius 1 is 0.947 bits per heavy atom. The van der Waals surface area contributed by atoms with Crippen LogP contribution < -0.4 is 15.5 Å². The van der Waals surface area contributed by atoms with Crippen molar-refractivity contribution in [2.24, 2.45) is 0 Å². The van der Waals surface area contributed by atoms with Crippen LogP contribution in [0.25, 0.3) is 0 Å². The van der Waals surface area contributed by atoms with Gasteiger partial charge in [-0.1, -0.05) is 48.5 Å². The SMILES string of the molecule is CNP(=O)(NC(C)c1ccccc1)c1ccccc1. The Hall–Kier alpha value is -1.41. The van der Waals surface area contributed by atoms with Gasteiger partial charge in [0.15, 0.2) is 0 Å². The van der Waals surface area contributed by atoms with Crippen molar-refractivity contribution in [2.75, 3.05) is 7.05 Å². The van der Waals surface area contributed by atoms with E-state index in [0.717, 1.165) is 10.9 Å². The van der Waals surface area contributed by atoms with E-state index in [4.69, 9.17) is 0 Å². The molecule has 2 rings (SSSR count). The highest BCUT2D eigenvalue weighted by Gasteiger charge is 2.24.